The van der Waals surface area contributed by atoms with Crippen molar-refractivity contribution in [2.24, 2.45) is 0 Å². The molecule has 0 atom stereocenters. The van der Waals surface area contributed by atoms with Crippen LogP contribution in [0.25, 0.3) is 17.0 Å². The summed E-state index contributed by atoms with van der Waals surface area (Å²) in [6.45, 7) is 3.61. The highest BCUT2D eigenvalue weighted by Gasteiger charge is 2.12. The third kappa shape index (κ3) is 2.59. The van der Waals surface area contributed by atoms with Crippen LogP contribution in [0.5, 0.6) is 0 Å². The Labute approximate surface area is 127 Å². The van der Waals surface area contributed by atoms with Crippen molar-refractivity contribution in [3.63, 3.8) is 0 Å². The van der Waals surface area contributed by atoms with E-state index in [0.29, 0.717) is 22.3 Å². The monoisotopic (exact) mass is 292 g/mol. The zero-order chi connectivity index (χ0) is 15.5. The van der Waals surface area contributed by atoms with Crippen molar-refractivity contribution in [1.29, 1.82) is 0 Å². The van der Waals surface area contributed by atoms with Crippen LogP contribution in [0.4, 0.5) is 10.1 Å². The van der Waals surface area contributed by atoms with Gasteiger partial charge in [-0.2, -0.15) is 0 Å². The van der Waals surface area contributed by atoms with Crippen LogP contribution in [0.2, 0.25) is 0 Å². The summed E-state index contributed by atoms with van der Waals surface area (Å²) in [4.78, 5) is 16.7. The Morgan fingerprint density at radius 2 is 2.00 bits per heavy atom. The number of benzene rings is 2. The molecule has 0 unspecified atom stereocenters. The maximum absolute atomic E-state index is 13.2. The average molecular weight is 292 g/mol. The number of nitrogens with zero attached hydrogens (tertiary/aromatic N) is 1. The van der Waals surface area contributed by atoms with Gasteiger partial charge in [0.15, 0.2) is 0 Å². The Hall–Kier alpha value is -3.01. The van der Waals surface area contributed by atoms with Gasteiger partial charge in [-0.05, 0) is 35.9 Å². The number of rotatable bonds is 3. The molecule has 1 aromatic heterocycles. The Bertz CT molecular complexity index is 869. The Kier molecular flexibility index (Phi) is 3.66. The molecule has 0 saturated heterocycles. The van der Waals surface area contributed by atoms with Crippen LogP contribution in [-0.2, 0) is 0 Å². The maximum Gasteiger partial charge on any atom is 0.256 e. The van der Waals surface area contributed by atoms with E-state index in [4.69, 9.17) is 0 Å². The Morgan fingerprint density at radius 1 is 1.18 bits per heavy atom. The lowest BCUT2D eigenvalue weighted by Gasteiger charge is -2.10. The molecule has 0 bridgehead atoms. The van der Waals surface area contributed by atoms with Gasteiger partial charge in [-0.15, -0.1) is 0 Å². The van der Waals surface area contributed by atoms with E-state index in [1.54, 1.807) is 12.3 Å². The SMILES string of the molecule is C=Cc1cc(F)ccc1C(=O)Nc1cccc2cccnc12. The highest BCUT2D eigenvalue weighted by Crippen LogP contribution is 2.22. The first kappa shape index (κ1) is 13.9. The lowest BCUT2D eigenvalue weighted by molar-refractivity contribution is 0.102. The number of nitrogens with one attached hydrogen (secondary N) is 1. The summed E-state index contributed by atoms with van der Waals surface area (Å²) in [7, 11) is 0. The molecular formula is C18H13FN2O. The first-order valence-electron chi connectivity index (χ1n) is 6.76. The smallest absolute Gasteiger partial charge is 0.256 e. The second-order valence-electron chi connectivity index (χ2n) is 4.77. The molecule has 22 heavy (non-hydrogen) atoms. The summed E-state index contributed by atoms with van der Waals surface area (Å²) in [5, 5.41) is 3.76. The van der Waals surface area contributed by atoms with E-state index in [2.05, 4.69) is 16.9 Å². The van der Waals surface area contributed by atoms with Gasteiger partial charge < -0.3 is 5.32 Å². The van der Waals surface area contributed by atoms with Gasteiger partial charge in [-0.1, -0.05) is 30.9 Å². The fourth-order valence-electron chi connectivity index (χ4n) is 2.30. The average Bonchev–Trinajstić information content (AvgIpc) is 2.55. The van der Waals surface area contributed by atoms with Crippen molar-refractivity contribution >= 4 is 28.6 Å². The highest BCUT2D eigenvalue weighted by atomic mass is 19.1. The second-order valence-corrected chi connectivity index (χ2v) is 4.77. The number of anilines is 1. The van der Waals surface area contributed by atoms with Gasteiger partial charge in [-0.25, -0.2) is 4.39 Å². The van der Waals surface area contributed by atoms with E-state index in [0.717, 1.165) is 5.39 Å². The molecule has 1 N–H and O–H groups in total. The van der Waals surface area contributed by atoms with Crippen LogP contribution >= 0.6 is 0 Å². The van der Waals surface area contributed by atoms with Crippen molar-refractivity contribution in [3.8, 4) is 0 Å². The molecule has 108 valence electrons. The third-order valence-electron chi connectivity index (χ3n) is 3.36. The maximum atomic E-state index is 13.2. The highest BCUT2D eigenvalue weighted by molar-refractivity contribution is 6.09. The molecule has 0 fully saturated rings. The van der Waals surface area contributed by atoms with Crippen LogP contribution < -0.4 is 5.32 Å². The lowest BCUT2D eigenvalue weighted by atomic mass is 10.1. The molecule has 0 radical (unpaired) electrons. The number of hydrogen-bond acceptors (Lipinski definition) is 2. The minimum absolute atomic E-state index is 0.326. The fourth-order valence-corrected chi connectivity index (χ4v) is 2.30. The number of aromatic nitrogens is 1. The van der Waals surface area contributed by atoms with E-state index < -0.39 is 5.82 Å². The zero-order valence-corrected chi connectivity index (χ0v) is 11.7. The number of hydrogen-bond donors (Lipinski definition) is 1. The number of para-hydroxylation sites is 1. The number of carbonyl (C=O) groups excluding carboxylic acids is 1. The summed E-state index contributed by atoms with van der Waals surface area (Å²) in [6.07, 6.45) is 3.13. The van der Waals surface area contributed by atoms with Gasteiger partial charge in [-0.3, -0.25) is 9.78 Å². The largest absolute Gasteiger partial charge is 0.320 e. The van der Waals surface area contributed by atoms with Gasteiger partial charge in [0.2, 0.25) is 0 Å². The fraction of sp³-hybridized carbons (Fsp3) is 0. The summed E-state index contributed by atoms with van der Waals surface area (Å²) < 4.78 is 13.2. The van der Waals surface area contributed by atoms with Gasteiger partial charge in [0, 0.05) is 17.1 Å². The van der Waals surface area contributed by atoms with Gasteiger partial charge in [0.25, 0.3) is 5.91 Å². The van der Waals surface area contributed by atoms with E-state index in [9.17, 15) is 9.18 Å². The minimum Gasteiger partial charge on any atom is -0.320 e. The molecule has 0 spiro atoms. The first-order chi connectivity index (χ1) is 10.7. The van der Waals surface area contributed by atoms with Crippen LogP contribution in [-0.4, -0.2) is 10.9 Å². The first-order valence-corrected chi connectivity index (χ1v) is 6.76. The summed E-state index contributed by atoms with van der Waals surface area (Å²) in [5.74, 6) is -0.730. The Balaban J connectivity index is 1.99. The molecule has 3 aromatic rings. The summed E-state index contributed by atoms with van der Waals surface area (Å²) >= 11 is 0. The molecule has 0 aliphatic rings. The molecule has 0 aliphatic carbocycles. The number of amides is 1. The van der Waals surface area contributed by atoms with Crippen molar-refractivity contribution < 1.29 is 9.18 Å². The van der Waals surface area contributed by atoms with Gasteiger partial charge in [0.1, 0.15) is 5.82 Å². The number of pyridine rings is 1. The number of fused-ring (bicyclic) bond motifs is 1. The lowest BCUT2D eigenvalue weighted by Crippen LogP contribution is -2.14. The van der Waals surface area contributed by atoms with Crippen molar-refractivity contribution in [3.05, 3.63) is 78.3 Å². The van der Waals surface area contributed by atoms with E-state index in [-0.39, 0.29) is 5.91 Å². The van der Waals surface area contributed by atoms with Crippen molar-refractivity contribution in [2.45, 2.75) is 0 Å². The summed E-state index contributed by atoms with van der Waals surface area (Å²) in [6, 6.07) is 13.3. The molecule has 2 aromatic carbocycles. The van der Waals surface area contributed by atoms with Gasteiger partial charge in [0.05, 0.1) is 11.2 Å². The normalized spacial score (nSPS) is 10.4. The molecular weight excluding hydrogens is 279 g/mol. The molecule has 1 amide bonds. The van der Waals surface area contributed by atoms with Crippen LogP contribution in [0.3, 0.4) is 0 Å². The van der Waals surface area contributed by atoms with Crippen molar-refractivity contribution in [2.75, 3.05) is 5.32 Å². The standard InChI is InChI=1S/C18H13FN2O/c1-2-12-11-14(19)8-9-15(12)18(22)21-16-7-3-5-13-6-4-10-20-17(13)16/h2-11H,1H2,(H,21,22). The molecule has 0 aliphatic heterocycles. The minimum atomic E-state index is -0.404. The van der Waals surface area contributed by atoms with E-state index in [1.165, 1.54) is 24.3 Å². The van der Waals surface area contributed by atoms with Crippen LogP contribution in [0.15, 0.2) is 61.3 Å². The molecule has 0 saturated carbocycles. The number of halogens is 1. The predicted molar refractivity (Wildman–Crippen MR) is 86.2 cm³/mol. The number of carbonyl (C=O) groups is 1. The zero-order valence-electron chi connectivity index (χ0n) is 11.7. The molecule has 1 heterocycles. The second kappa shape index (κ2) is 5.77. The van der Waals surface area contributed by atoms with E-state index in [1.807, 2.05) is 24.3 Å². The quantitative estimate of drug-likeness (QED) is 0.783. The predicted octanol–water partition coefficient (Wildman–Crippen LogP) is 4.27. The molecule has 3 rings (SSSR count). The Morgan fingerprint density at radius 3 is 2.82 bits per heavy atom. The van der Waals surface area contributed by atoms with Crippen LogP contribution in [0.1, 0.15) is 15.9 Å². The topological polar surface area (TPSA) is 42.0 Å². The van der Waals surface area contributed by atoms with E-state index >= 15 is 0 Å². The van der Waals surface area contributed by atoms with Crippen molar-refractivity contribution in [1.82, 2.24) is 4.98 Å². The molecule has 3 nitrogen and oxygen atoms in total. The summed E-state index contributed by atoms with van der Waals surface area (Å²) in [5.41, 5.74) is 2.14. The van der Waals surface area contributed by atoms with Crippen LogP contribution in [0, 0.1) is 5.82 Å². The molecule has 4 heteroatoms. The van der Waals surface area contributed by atoms with Gasteiger partial charge >= 0.3 is 0 Å². The third-order valence-corrected chi connectivity index (χ3v) is 3.36.